The number of hydrogen-bond acceptors (Lipinski definition) is 1. The van der Waals surface area contributed by atoms with Gasteiger partial charge in [0, 0.05) is 36.6 Å². The predicted octanol–water partition coefficient (Wildman–Crippen LogP) is 13.3. The molecule has 1 nitrogen and oxygen atoms in total. The highest BCUT2D eigenvalue weighted by Crippen LogP contribution is 2.50. The first-order chi connectivity index (χ1) is 23.8. The molecule has 1 aliphatic carbocycles. The molecule has 0 amide bonds. The maximum atomic E-state index is 2.42. The van der Waals surface area contributed by atoms with Crippen LogP contribution in [0.4, 0.5) is 0 Å². The van der Waals surface area contributed by atoms with Gasteiger partial charge >= 0.3 is 0 Å². The van der Waals surface area contributed by atoms with Crippen LogP contribution in [0.15, 0.2) is 164 Å². The van der Waals surface area contributed by atoms with E-state index < -0.39 is 0 Å². The Kier molecular flexibility index (Phi) is 5.32. The van der Waals surface area contributed by atoms with E-state index in [1.54, 1.807) is 0 Å². The van der Waals surface area contributed by atoms with Gasteiger partial charge in [0.1, 0.15) is 0 Å². The zero-order valence-corrected chi connectivity index (χ0v) is 26.8. The molecule has 0 aliphatic heterocycles. The summed E-state index contributed by atoms with van der Waals surface area (Å²) in [6, 6.07) is 60.6. The average Bonchev–Trinajstić information content (AvgIpc) is 3.80. The van der Waals surface area contributed by atoms with Crippen molar-refractivity contribution in [2.24, 2.45) is 0 Å². The first-order valence-corrected chi connectivity index (χ1v) is 17.3. The van der Waals surface area contributed by atoms with Gasteiger partial charge in [0.15, 0.2) is 0 Å². The Morgan fingerprint density at radius 2 is 0.896 bits per heavy atom. The molecular weight excluding hydrogens is 599 g/mol. The van der Waals surface area contributed by atoms with Crippen molar-refractivity contribution in [1.29, 1.82) is 0 Å². The summed E-state index contributed by atoms with van der Waals surface area (Å²) < 4.78 is 5.04. The Morgan fingerprint density at radius 3 is 1.69 bits per heavy atom. The van der Waals surface area contributed by atoms with Crippen LogP contribution in [0.1, 0.15) is 0 Å². The average molecular weight is 626 g/mol. The van der Waals surface area contributed by atoms with Crippen LogP contribution in [0.25, 0.3) is 103 Å². The molecule has 2 heterocycles. The molecule has 8 aromatic carbocycles. The number of nitrogens with zero attached hydrogens (tertiary/aromatic N) is 1. The van der Waals surface area contributed by atoms with E-state index in [-0.39, 0.29) is 0 Å². The van der Waals surface area contributed by atoms with Crippen molar-refractivity contribution in [2.45, 2.75) is 0 Å². The minimum absolute atomic E-state index is 1.18. The molecule has 0 radical (unpaired) electrons. The molecule has 0 fully saturated rings. The molecular formula is C46H27NS. The Morgan fingerprint density at radius 1 is 0.333 bits per heavy atom. The second-order valence-corrected chi connectivity index (χ2v) is 13.9. The van der Waals surface area contributed by atoms with E-state index >= 15 is 0 Å². The molecule has 48 heavy (non-hydrogen) atoms. The third-order valence-electron chi connectivity index (χ3n) is 10.4. The fourth-order valence-electron chi connectivity index (χ4n) is 8.29. The van der Waals surface area contributed by atoms with Crippen molar-refractivity contribution < 1.29 is 0 Å². The van der Waals surface area contributed by atoms with Gasteiger partial charge in [-0.1, -0.05) is 115 Å². The zero-order valence-electron chi connectivity index (χ0n) is 25.9. The standard InChI is InChI=1S/C46H27NS/c1-2-10-30(11-3-1)47-41-18-7-6-14-38(41)46-32(15-9-19-42(46)47)29-21-25-44-40(27-29)39-26-28(20-24-43(39)48-44)31-22-23-37-34-13-5-4-12-33(34)36-17-8-16-35(31)45(36)37/h1-27H. The molecule has 222 valence electrons. The molecule has 0 N–H and O–H groups in total. The van der Waals surface area contributed by atoms with E-state index in [1.807, 2.05) is 11.3 Å². The third kappa shape index (κ3) is 3.55. The van der Waals surface area contributed by atoms with Gasteiger partial charge in [-0.05, 0) is 104 Å². The van der Waals surface area contributed by atoms with Crippen molar-refractivity contribution in [3.05, 3.63) is 164 Å². The molecule has 0 unspecified atom stereocenters. The van der Waals surface area contributed by atoms with Gasteiger partial charge in [-0.25, -0.2) is 0 Å². The summed E-state index contributed by atoms with van der Waals surface area (Å²) in [5, 5.41) is 7.90. The molecule has 0 saturated heterocycles. The SMILES string of the molecule is c1ccc(-n2c3ccccc3c3c(-c4ccc5sc6ccc(-c7ccc8c9c(cccc79)-c7ccccc7-8)cc6c5c4)cccc32)cc1. The Bertz CT molecular complexity index is 2910. The summed E-state index contributed by atoms with van der Waals surface area (Å²) in [5.41, 5.74) is 14.1. The molecule has 10 aromatic rings. The van der Waals surface area contributed by atoms with Gasteiger partial charge in [-0.15, -0.1) is 11.3 Å². The molecule has 11 rings (SSSR count). The number of benzene rings is 8. The minimum atomic E-state index is 1.18. The quantitative estimate of drug-likeness (QED) is 0.184. The number of para-hydroxylation sites is 2. The Hall–Kier alpha value is -5.96. The van der Waals surface area contributed by atoms with E-state index in [0.29, 0.717) is 0 Å². The van der Waals surface area contributed by atoms with E-state index in [4.69, 9.17) is 0 Å². The molecule has 0 spiro atoms. The van der Waals surface area contributed by atoms with Crippen molar-refractivity contribution in [2.75, 3.05) is 0 Å². The fraction of sp³-hybridized carbons (Fsp3) is 0. The lowest BCUT2D eigenvalue weighted by Gasteiger charge is -2.10. The van der Waals surface area contributed by atoms with Gasteiger partial charge in [0.05, 0.1) is 11.0 Å². The van der Waals surface area contributed by atoms with Gasteiger partial charge < -0.3 is 4.57 Å². The number of hydrogen-bond donors (Lipinski definition) is 0. The molecule has 0 atom stereocenters. The smallest absolute Gasteiger partial charge is 0.0547 e. The van der Waals surface area contributed by atoms with Crippen LogP contribution in [0.5, 0.6) is 0 Å². The summed E-state index contributed by atoms with van der Waals surface area (Å²) in [7, 11) is 0. The van der Waals surface area contributed by atoms with Crippen LogP contribution in [-0.2, 0) is 0 Å². The lowest BCUT2D eigenvalue weighted by Crippen LogP contribution is -1.92. The Balaban J connectivity index is 1.11. The number of aromatic nitrogens is 1. The molecule has 0 bridgehead atoms. The van der Waals surface area contributed by atoms with Crippen LogP contribution in [0.3, 0.4) is 0 Å². The second-order valence-electron chi connectivity index (χ2n) is 12.8. The fourth-order valence-corrected chi connectivity index (χ4v) is 9.35. The summed E-state index contributed by atoms with van der Waals surface area (Å²) >= 11 is 1.88. The van der Waals surface area contributed by atoms with Gasteiger partial charge in [0.25, 0.3) is 0 Å². The van der Waals surface area contributed by atoms with Crippen molar-refractivity contribution >= 4 is 64.1 Å². The first-order valence-electron chi connectivity index (χ1n) is 16.5. The third-order valence-corrected chi connectivity index (χ3v) is 11.5. The largest absolute Gasteiger partial charge is 0.309 e. The Labute approximate surface area is 281 Å². The molecule has 1 aliphatic rings. The van der Waals surface area contributed by atoms with Crippen molar-refractivity contribution in [3.63, 3.8) is 0 Å². The second kappa shape index (κ2) is 9.78. The summed E-state index contributed by atoms with van der Waals surface area (Å²) in [4.78, 5) is 0. The van der Waals surface area contributed by atoms with Crippen LogP contribution >= 0.6 is 11.3 Å². The maximum Gasteiger partial charge on any atom is 0.0547 e. The van der Waals surface area contributed by atoms with E-state index in [9.17, 15) is 0 Å². The molecule has 2 heteroatoms. The zero-order chi connectivity index (χ0) is 31.3. The summed E-state index contributed by atoms with van der Waals surface area (Å²) in [6.45, 7) is 0. The topological polar surface area (TPSA) is 4.93 Å². The number of rotatable bonds is 3. The highest BCUT2D eigenvalue weighted by molar-refractivity contribution is 7.25. The van der Waals surface area contributed by atoms with Crippen LogP contribution < -0.4 is 0 Å². The molecule has 0 saturated carbocycles. The number of thiophene rings is 1. The summed E-state index contributed by atoms with van der Waals surface area (Å²) in [6.07, 6.45) is 0. The molecule has 2 aromatic heterocycles. The highest BCUT2D eigenvalue weighted by atomic mass is 32.1. The van der Waals surface area contributed by atoms with Crippen LogP contribution in [0, 0.1) is 0 Å². The van der Waals surface area contributed by atoms with Gasteiger partial charge in [0.2, 0.25) is 0 Å². The monoisotopic (exact) mass is 625 g/mol. The predicted molar refractivity (Wildman–Crippen MR) is 206 cm³/mol. The van der Waals surface area contributed by atoms with Crippen molar-refractivity contribution in [3.8, 4) is 50.2 Å². The normalized spacial score (nSPS) is 12.2. The lowest BCUT2D eigenvalue weighted by atomic mass is 9.93. The maximum absolute atomic E-state index is 2.42. The number of fused-ring (bicyclic) bond motifs is 9. The van der Waals surface area contributed by atoms with E-state index in [1.165, 1.54) is 103 Å². The highest BCUT2D eigenvalue weighted by Gasteiger charge is 2.22. The van der Waals surface area contributed by atoms with Gasteiger partial charge in [-0.2, -0.15) is 0 Å². The lowest BCUT2D eigenvalue weighted by molar-refractivity contribution is 1.18. The van der Waals surface area contributed by atoms with E-state index in [2.05, 4.69) is 168 Å². The van der Waals surface area contributed by atoms with Crippen molar-refractivity contribution in [1.82, 2.24) is 4.57 Å². The summed E-state index contributed by atoms with van der Waals surface area (Å²) in [5.74, 6) is 0. The first kappa shape index (κ1) is 26.1. The van der Waals surface area contributed by atoms with Gasteiger partial charge in [-0.3, -0.25) is 0 Å². The van der Waals surface area contributed by atoms with Crippen LogP contribution in [0.2, 0.25) is 0 Å². The van der Waals surface area contributed by atoms with E-state index in [0.717, 1.165) is 0 Å². The van der Waals surface area contributed by atoms with Crippen LogP contribution in [-0.4, -0.2) is 4.57 Å². The minimum Gasteiger partial charge on any atom is -0.309 e.